The summed E-state index contributed by atoms with van der Waals surface area (Å²) in [5.74, 6) is 0.0718. The first-order valence-corrected chi connectivity index (χ1v) is 11.5. The van der Waals surface area contributed by atoms with Crippen molar-refractivity contribution in [3.8, 4) is 0 Å². The number of nitro groups is 1. The third kappa shape index (κ3) is 5.43. The third-order valence-electron chi connectivity index (χ3n) is 4.03. The number of nitrogens with zero attached hydrogens (tertiary/aromatic N) is 2. The van der Waals surface area contributed by atoms with Gasteiger partial charge in [-0.1, -0.05) is 18.2 Å². The van der Waals surface area contributed by atoms with Gasteiger partial charge < -0.3 is 5.32 Å². The average molecular weight is 444 g/mol. The first-order valence-electron chi connectivity index (χ1n) is 8.66. The van der Waals surface area contributed by atoms with Crippen molar-refractivity contribution in [2.24, 2.45) is 0 Å². The van der Waals surface area contributed by atoms with E-state index >= 15 is 0 Å². The maximum absolute atomic E-state index is 12.5. The molecule has 1 aromatic heterocycles. The molecule has 0 saturated heterocycles. The van der Waals surface area contributed by atoms with Crippen LogP contribution in [0.3, 0.4) is 0 Å². The highest BCUT2D eigenvalue weighted by Crippen LogP contribution is 2.26. The summed E-state index contributed by atoms with van der Waals surface area (Å²) in [6, 6.07) is 16.1. The number of nitrogens with one attached hydrogen (secondary N) is 1. The molecule has 0 atom stereocenters. The van der Waals surface area contributed by atoms with Crippen molar-refractivity contribution in [2.45, 2.75) is 15.7 Å². The van der Waals surface area contributed by atoms with E-state index in [1.165, 1.54) is 6.07 Å². The largest absolute Gasteiger partial charge is 0.322 e. The van der Waals surface area contributed by atoms with Crippen LogP contribution in [0, 0.1) is 10.1 Å². The Hall–Kier alpha value is -3.24. The topological polar surface area (TPSA) is 119 Å². The van der Waals surface area contributed by atoms with Crippen molar-refractivity contribution in [1.82, 2.24) is 4.98 Å². The van der Waals surface area contributed by atoms with E-state index in [9.17, 15) is 23.3 Å². The molecule has 0 unspecified atom stereocenters. The molecule has 30 heavy (non-hydrogen) atoms. The summed E-state index contributed by atoms with van der Waals surface area (Å²) in [5, 5.41) is 14.8. The Bertz CT molecular complexity index is 1200. The van der Waals surface area contributed by atoms with Crippen molar-refractivity contribution in [3.63, 3.8) is 0 Å². The van der Waals surface area contributed by atoms with Crippen molar-refractivity contribution in [1.29, 1.82) is 0 Å². The second-order valence-corrected chi connectivity index (χ2v) is 9.30. The highest BCUT2D eigenvalue weighted by Gasteiger charge is 2.24. The van der Waals surface area contributed by atoms with E-state index in [0.717, 1.165) is 29.0 Å². The number of anilines is 1. The van der Waals surface area contributed by atoms with Crippen molar-refractivity contribution >= 4 is 38.9 Å². The Morgan fingerprint density at radius 3 is 2.60 bits per heavy atom. The molecule has 154 valence electrons. The van der Waals surface area contributed by atoms with Crippen LogP contribution in [0.2, 0.25) is 0 Å². The molecule has 3 rings (SSSR count). The molecule has 0 spiro atoms. The van der Waals surface area contributed by atoms with Crippen LogP contribution in [0.25, 0.3) is 0 Å². The summed E-state index contributed by atoms with van der Waals surface area (Å²) in [6.45, 7) is 0. The first-order chi connectivity index (χ1) is 14.2. The SMILES string of the molecule is CS(=O)(=O)c1ccc(C(=O)Nc2cccc(CSc3ccccn3)c2)cc1[N+](=O)[O-]. The van der Waals surface area contributed by atoms with E-state index in [2.05, 4.69) is 10.3 Å². The second-order valence-electron chi connectivity index (χ2n) is 6.32. The molecule has 0 fully saturated rings. The minimum absolute atomic E-state index is 0.0117. The molecule has 0 aliphatic carbocycles. The summed E-state index contributed by atoms with van der Waals surface area (Å²) in [5.41, 5.74) is 0.837. The molecule has 10 heteroatoms. The molecule has 8 nitrogen and oxygen atoms in total. The van der Waals surface area contributed by atoms with Crippen molar-refractivity contribution < 1.29 is 18.1 Å². The molecule has 3 aromatic rings. The fourth-order valence-electron chi connectivity index (χ4n) is 2.65. The van der Waals surface area contributed by atoms with Gasteiger partial charge in [-0.2, -0.15) is 0 Å². The number of aromatic nitrogens is 1. The van der Waals surface area contributed by atoms with Gasteiger partial charge in [0.25, 0.3) is 11.6 Å². The van der Waals surface area contributed by atoms with Crippen LogP contribution < -0.4 is 5.32 Å². The lowest BCUT2D eigenvalue weighted by Gasteiger charge is -2.08. The smallest absolute Gasteiger partial charge is 0.288 e. The van der Waals surface area contributed by atoms with E-state index in [1.807, 2.05) is 24.3 Å². The lowest BCUT2D eigenvalue weighted by Crippen LogP contribution is -2.13. The van der Waals surface area contributed by atoms with Gasteiger partial charge in [-0.3, -0.25) is 14.9 Å². The number of rotatable bonds is 7. The number of benzene rings is 2. The maximum atomic E-state index is 12.5. The molecular formula is C20H17N3O5S2. The zero-order valence-electron chi connectivity index (χ0n) is 15.8. The Morgan fingerprint density at radius 1 is 1.13 bits per heavy atom. The summed E-state index contributed by atoms with van der Waals surface area (Å²) < 4.78 is 23.4. The number of hydrogen-bond donors (Lipinski definition) is 1. The van der Waals surface area contributed by atoms with Crippen LogP contribution in [0.5, 0.6) is 0 Å². The van der Waals surface area contributed by atoms with Gasteiger partial charge in [0, 0.05) is 35.5 Å². The van der Waals surface area contributed by atoms with E-state index in [1.54, 1.807) is 36.2 Å². The Balaban J connectivity index is 1.76. The van der Waals surface area contributed by atoms with Crippen molar-refractivity contribution in [3.05, 3.63) is 88.1 Å². The summed E-state index contributed by atoms with van der Waals surface area (Å²) >= 11 is 1.55. The van der Waals surface area contributed by atoms with Crippen LogP contribution >= 0.6 is 11.8 Å². The van der Waals surface area contributed by atoms with E-state index in [4.69, 9.17) is 0 Å². The van der Waals surface area contributed by atoms with Crippen molar-refractivity contribution in [2.75, 3.05) is 11.6 Å². The molecule has 0 aliphatic rings. The number of amides is 1. The molecule has 1 amide bonds. The van der Waals surface area contributed by atoms with Gasteiger partial charge in [0.15, 0.2) is 9.84 Å². The first kappa shape index (κ1) is 21.5. The van der Waals surface area contributed by atoms with Gasteiger partial charge in [0.05, 0.1) is 9.95 Å². The van der Waals surface area contributed by atoms with Gasteiger partial charge >= 0.3 is 0 Å². The monoisotopic (exact) mass is 443 g/mol. The maximum Gasteiger partial charge on any atom is 0.288 e. The number of pyridine rings is 1. The van der Waals surface area contributed by atoms with E-state index < -0.39 is 31.3 Å². The van der Waals surface area contributed by atoms with Crippen LogP contribution in [0.4, 0.5) is 11.4 Å². The fourth-order valence-corrected chi connectivity index (χ4v) is 4.28. The number of sulfone groups is 1. The zero-order chi connectivity index (χ0) is 21.7. The average Bonchev–Trinajstić information content (AvgIpc) is 2.72. The third-order valence-corrected chi connectivity index (χ3v) is 6.19. The number of nitro benzene ring substituents is 1. The highest BCUT2D eigenvalue weighted by molar-refractivity contribution is 7.98. The highest BCUT2D eigenvalue weighted by atomic mass is 32.2. The van der Waals surface area contributed by atoms with Crippen LogP contribution in [0.1, 0.15) is 15.9 Å². The van der Waals surface area contributed by atoms with Crippen LogP contribution in [0.15, 0.2) is 76.8 Å². The molecule has 1 heterocycles. The molecule has 2 aromatic carbocycles. The zero-order valence-corrected chi connectivity index (χ0v) is 17.4. The predicted octanol–water partition coefficient (Wildman–Crippen LogP) is 3.94. The number of carbonyl (C=O) groups excluding carboxylic acids is 1. The summed E-state index contributed by atoms with van der Waals surface area (Å²) in [4.78, 5) is 26.8. The van der Waals surface area contributed by atoms with Crippen LogP contribution in [-0.2, 0) is 15.6 Å². The summed E-state index contributed by atoms with van der Waals surface area (Å²) in [6.07, 6.45) is 2.59. The molecule has 0 saturated carbocycles. The molecular weight excluding hydrogens is 426 g/mol. The Labute approximate surface area is 177 Å². The lowest BCUT2D eigenvalue weighted by atomic mass is 10.1. The molecule has 0 aliphatic heterocycles. The van der Waals surface area contributed by atoms with Gasteiger partial charge in [-0.25, -0.2) is 13.4 Å². The number of thioether (sulfide) groups is 1. The van der Waals surface area contributed by atoms with E-state index in [0.29, 0.717) is 11.4 Å². The number of hydrogen-bond acceptors (Lipinski definition) is 7. The molecule has 0 radical (unpaired) electrons. The predicted molar refractivity (Wildman–Crippen MR) is 114 cm³/mol. The fraction of sp³-hybridized carbons (Fsp3) is 0.100. The Kier molecular flexibility index (Phi) is 6.48. The van der Waals surface area contributed by atoms with Gasteiger partial charge in [0.1, 0.15) is 4.90 Å². The quantitative estimate of drug-likeness (QED) is 0.334. The molecule has 1 N–H and O–H groups in total. The molecule has 0 bridgehead atoms. The van der Waals surface area contributed by atoms with Gasteiger partial charge in [-0.05, 0) is 42.0 Å². The Morgan fingerprint density at radius 2 is 1.93 bits per heavy atom. The van der Waals surface area contributed by atoms with Crippen LogP contribution in [-0.4, -0.2) is 30.5 Å². The number of carbonyl (C=O) groups is 1. The standard InChI is InChI=1S/C20H17N3O5S2/c1-30(27,28)18-9-8-15(12-17(18)23(25)26)20(24)22-16-6-4-5-14(11-16)13-29-19-7-2-3-10-21-19/h2-12H,13H2,1H3,(H,22,24). The normalized spacial score (nSPS) is 11.1. The van der Waals surface area contributed by atoms with E-state index in [-0.39, 0.29) is 5.56 Å². The summed E-state index contributed by atoms with van der Waals surface area (Å²) in [7, 11) is -3.80. The minimum Gasteiger partial charge on any atom is -0.322 e. The van der Waals surface area contributed by atoms with Gasteiger partial charge in [0.2, 0.25) is 0 Å². The second kappa shape index (κ2) is 9.06. The minimum atomic E-state index is -3.80. The lowest BCUT2D eigenvalue weighted by molar-refractivity contribution is -0.387. The van der Waals surface area contributed by atoms with Gasteiger partial charge in [-0.15, -0.1) is 11.8 Å².